The maximum Gasteiger partial charge on any atom is 0.230 e. The molecule has 0 unspecified atom stereocenters. The minimum Gasteiger partial charge on any atom is -0.355 e. The lowest BCUT2D eigenvalue weighted by atomic mass is 10.2. The van der Waals surface area contributed by atoms with Crippen molar-refractivity contribution in [2.75, 3.05) is 12.3 Å². The van der Waals surface area contributed by atoms with Gasteiger partial charge in [-0.3, -0.25) is 4.79 Å². The van der Waals surface area contributed by atoms with Gasteiger partial charge < -0.3 is 9.88 Å². The number of hydrogen-bond acceptors (Lipinski definition) is 4. The van der Waals surface area contributed by atoms with Crippen molar-refractivity contribution in [3.8, 4) is 11.4 Å². The van der Waals surface area contributed by atoms with Crippen LogP contribution < -0.4 is 5.32 Å². The molecule has 0 atom stereocenters. The number of benzene rings is 1. The predicted molar refractivity (Wildman–Crippen MR) is 85.0 cm³/mol. The number of unbranched alkanes of at least 4 members (excludes halogenated alkanes) is 1. The number of nitrogens with one attached hydrogen (secondary N) is 1. The van der Waals surface area contributed by atoms with Crippen LogP contribution in [0.15, 0.2) is 29.4 Å². The standard InChI is InChI=1S/C15H19FN4OS/c1-3-4-9-17-13(21)10-22-15-19-18-14(20(15)2)11-5-7-12(16)8-6-11/h5-8H,3-4,9-10H2,1-2H3,(H,17,21). The number of hydrogen-bond donors (Lipinski definition) is 1. The van der Waals surface area contributed by atoms with Crippen molar-refractivity contribution < 1.29 is 9.18 Å². The van der Waals surface area contributed by atoms with Gasteiger partial charge in [0, 0.05) is 19.2 Å². The topological polar surface area (TPSA) is 59.8 Å². The molecular weight excluding hydrogens is 303 g/mol. The fourth-order valence-corrected chi connectivity index (χ4v) is 2.62. The first kappa shape index (κ1) is 16.5. The van der Waals surface area contributed by atoms with Crippen molar-refractivity contribution in [2.45, 2.75) is 24.9 Å². The van der Waals surface area contributed by atoms with Gasteiger partial charge in [0.15, 0.2) is 11.0 Å². The van der Waals surface area contributed by atoms with Gasteiger partial charge >= 0.3 is 0 Å². The maximum atomic E-state index is 13.0. The molecule has 0 aliphatic heterocycles. The number of carbonyl (C=O) groups excluding carboxylic acids is 1. The molecule has 0 radical (unpaired) electrons. The number of nitrogens with zero attached hydrogens (tertiary/aromatic N) is 3. The van der Waals surface area contributed by atoms with Crippen LogP contribution in [0.5, 0.6) is 0 Å². The molecule has 22 heavy (non-hydrogen) atoms. The monoisotopic (exact) mass is 322 g/mol. The Morgan fingerprint density at radius 1 is 1.32 bits per heavy atom. The number of halogens is 1. The van der Waals surface area contributed by atoms with Crippen LogP contribution in [-0.2, 0) is 11.8 Å². The number of amides is 1. The smallest absolute Gasteiger partial charge is 0.230 e. The molecule has 2 aromatic rings. The molecule has 0 spiro atoms. The molecule has 118 valence electrons. The Labute approximate surface area is 133 Å². The Balaban J connectivity index is 1.96. The molecular formula is C15H19FN4OS. The second kappa shape index (κ2) is 7.93. The van der Waals surface area contributed by atoms with Gasteiger partial charge in [-0.05, 0) is 30.7 Å². The van der Waals surface area contributed by atoms with Crippen LogP contribution in [0.1, 0.15) is 19.8 Å². The first-order valence-corrected chi connectivity index (χ1v) is 8.15. The molecule has 5 nitrogen and oxygen atoms in total. The molecule has 1 amide bonds. The first-order chi connectivity index (χ1) is 10.6. The van der Waals surface area contributed by atoms with E-state index in [4.69, 9.17) is 0 Å². The van der Waals surface area contributed by atoms with Crippen LogP contribution in [0.2, 0.25) is 0 Å². The number of aromatic nitrogens is 3. The summed E-state index contributed by atoms with van der Waals surface area (Å²) in [7, 11) is 1.83. The lowest BCUT2D eigenvalue weighted by Gasteiger charge is -2.05. The molecule has 0 fully saturated rings. The zero-order chi connectivity index (χ0) is 15.9. The van der Waals surface area contributed by atoms with Crippen LogP contribution in [0, 0.1) is 5.82 Å². The molecule has 0 aliphatic carbocycles. The van der Waals surface area contributed by atoms with Gasteiger partial charge in [-0.15, -0.1) is 10.2 Å². The highest BCUT2D eigenvalue weighted by molar-refractivity contribution is 7.99. The molecule has 1 aromatic heterocycles. The van der Waals surface area contributed by atoms with Gasteiger partial charge in [0.2, 0.25) is 5.91 Å². The van der Waals surface area contributed by atoms with Crippen LogP contribution in [0.3, 0.4) is 0 Å². The Kier molecular flexibility index (Phi) is 5.94. The second-order valence-corrected chi connectivity index (χ2v) is 5.81. The number of carbonyl (C=O) groups is 1. The SMILES string of the molecule is CCCCNC(=O)CSc1nnc(-c2ccc(F)cc2)n1C. The van der Waals surface area contributed by atoms with Crippen LogP contribution in [0.4, 0.5) is 4.39 Å². The van der Waals surface area contributed by atoms with E-state index in [1.807, 2.05) is 7.05 Å². The van der Waals surface area contributed by atoms with Gasteiger partial charge in [-0.1, -0.05) is 25.1 Å². The summed E-state index contributed by atoms with van der Waals surface area (Å²) >= 11 is 1.34. The van der Waals surface area contributed by atoms with Crippen molar-refractivity contribution in [1.82, 2.24) is 20.1 Å². The molecule has 0 bridgehead atoms. The van der Waals surface area contributed by atoms with Crippen molar-refractivity contribution in [1.29, 1.82) is 0 Å². The average molecular weight is 322 g/mol. The van der Waals surface area contributed by atoms with Crippen molar-refractivity contribution in [3.63, 3.8) is 0 Å². The Hall–Kier alpha value is -1.89. The molecule has 7 heteroatoms. The highest BCUT2D eigenvalue weighted by atomic mass is 32.2. The minimum absolute atomic E-state index is 0.00946. The normalized spacial score (nSPS) is 10.7. The Morgan fingerprint density at radius 2 is 2.05 bits per heavy atom. The summed E-state index contributed by atoms with van der Waals surface area (Å²) in [5, 5.41) is 11.7. The summed E-state index contributed by atoms with van der Waals surface area (Å²) in [5.74, 6) is 0.655. The molecule has 2 rings (SSSR count). The van der Waals surface area contributed by atoms with Gasteiger partial charge in [-0.2, -0.15) is 0 Å². The van der Waals surface area contributed by atoms with E-state index in [-0.39, 0.29) is 11.7 Å². The largest absolute Gasteiger partial charge is 0.355 e. The molecule has 1 heterocycles. The van der Waals surface area contributed by atoms with Crippen molar-refractivity contribution in [2.24, 2.45) is 7.05 Å². The van der Waals surface area contributed by atoms with E-state index in [0.29, 0.717) is 23.3 Å². The fourth-order valence-electron chi connectivity index (χ4n) is 1.88. The first-order valence-electron chi connectivity index (χ1n) is 7.16. The third-order valence-corrected chi connectivity index (χ3v) is 4.14. The summed E-state index contributed by atoms with van der Waals surface area (Å²) in [6.45, 7) is 2.78. The predicted octanol–water partition coefficient (Wildman–Crippen LogP) is 2.63. The van der Waals surface area contributed by atoms with Gasteiger partial charge in [0.25, 0.3) is 0 Å². The van der Waals surface area contributed by atoms with Crippen LogP contribution in [0.25, 0.3) is 11.4 Å². The van der Waals surface area contributed by atoms with Gasteiger partial charge in [0.1, 0.15) is 5.82 Å². The van der Waals surface area contributed by atoms with E-state index in [9.17, 15) is 9.18 Å². The average Bonchev–Trinajstić information content (AvgIpc) is 2.87. The maximum absolute atomic E-state index is 13.0. The second-order valence-electron chi connectivity index (χ2n) is 4.86. The summed E-state index contributed by atoms with van der Waals surface area (Å²) in [5.41, 5.74) is 0.788. The molecule has 1 aromatic carbocycles. The van der Waals surface area contributed by atoms with Crippen LogP contribution >= 0.6 is 11.8 Å². The summed E-state index contributed by atoms with van der Waals surface area (Å²) < 4.78 is 14.8. The van der Waals surface area contributed by atoms with Gasteiger partial charge in [0.05, 0.1) is 5.75 Å². The lowest BCUT2D eigenvalue weighted by molar-refractivity contribution is -0.118. The molecule has 0 saturated heterocycles. The van der Waals surface area contributed by atoms with E-state index in [1.165, 1.54) is 23.9 Å². The minimum atomic E-state index is -0.288. The summed E-state index contributed by atoms with van der Waals surface area (Å²) in [4.78, 5) is 11.7. The summed E-state index contributed by atoms with van der Waals surface area (Å²) in [6.07, 6.45) is 2.03. The van der Waals surface area contributed by atoms with Crippen molar-refractivity contribution >= 4 is 17.7 Å². The van der Waals surface area contributed by atoms with Gasteiger partial charge in [-0.25, -0.2) is 4.39 Å². The quantitative estimate of drug-likeness (QED) is 0.629. The molecule has 1 N–H and O–H groups in total. The summed E-state index contributed by atoms with van der Waals surface area (Å²) in [6, 6.07) is 6.09. The van der Waals surface area contributed by atoms with Crippen molar-refractivity contribution in [3.05, 3.63) is 30.1 Å². The number of rotatable bonds is 7. The Bertz CT molecular complexity index is 627. The third kappa shape index (κ3) is 4.30. The zero-order valence-electron chi connectivity index (χ0n) is 12.7. The highest BCUT2D eigenvalue weighted by Gasteiger charge is 2.12. The molecule has 0 aliphatic rings. The van der Waals surface area contributed by atoms with E-state index in [0.717, 1.165) is 18.4 Å². The van der Waals surface area contributed by atoms with E-state index in [2.05, 4.69) is 22.4 Å². The highest BCUT2D eigenvalue weighted by Crippen LogP contribution is 2.22. The number of thioether (sulfide) groups is 1. The van der Waals surface area contributed by atoms with Crippen LogP contribution in [-0.4, -0.2) is 33.0 Å². The van der Waals surface area contributed by atoms with E-state index in [1.54, 1.807) is 16.7 Å². The van der Waals surface area contributed by atoms with E-state index >= 15 is 0 Å². The molecule has 0 saturated carbocycles. The van der Waals surface area contributed by atoms with E-state index < -0.39 is 0 Å². The zero-order valence-corrected chi connectivity index (χ0v) is 13.5. The fraction of sp³-hybridized carbons (Fsp3) is 0.400. The lowest BCUT2D eigenvalue weighted by Crippen LogP contribution is -2.26. The third-order valence-electron chi connectivity index (χ3n) is 3.12. The Morgan fingerprint density at radius 3 is 2.73 bits per heavy atom.